The Labute approximate surface area is 67.0 Å². The average molecular weight is 147 g/mol. The number of allylic oxidation sites excluding steroid dienone is 1. The lowest BCUT2D eigenvalue weighted by molar-refractivity contribution is 0.891. The molecule has 0 unspecified atom stereocenters. The van der Waals surface area contributed by atoms with Gasteiger partial charge in [-0.3, -0.25) is 0 Å². The zero-order chi connectivity index (χ0) is 8.27. The molecule has 1 aromatic rings. The Hall–Kier alpha value is -1.24. The first kappa shape index (κ1) is 7.86. The molecule has 0 aromatic carbocycles. The second-order valence-electron chi connectivity index (χ2n) is 2.56. The molecular formula is C10H13N. The molecule has 0 radical (unpaired) electrons. The number of hydrogen-bond acceptors (Lipinski definition) is 0. The number of aromatic nitrogens is 1. The Morgan fingerprint density at radius 1 is 1.64 bits per heavy atom. The topological polar surface area (TPSA) is 4.93 Å². The SMILES string of the molecule is C=CC/C=c1/ccn(C)c1=C. The maximum atomic E-state index is 3.93. The number of hydrogen-bond donors (Lipinski definition) is 0. The Bertz CT molecular complexity index is 343. The molecule has 0 spiro atoms. The highest BCUT2D eigenvalue weighted by Crippen LogP contribution is 1.79. The van der Waals surface area contributed by atoms with E-state index in [1.807, 2.05) is 23.9 Å². The van der Waals surface area contributed by atoms with E-state index in [4.69, 9.17) is 0 Å². The van der Waals surface area contributed by atoms with Crippen LogP contribution in [0.25, 0.3) is 12.7 Å². The summed E-state index contributed by atoms with van der Waals surface area (Å²) in [6.07, 6.45) is 6.92. The fourth-order valence-corrected chi connectivity index (χ4v) is 0.978. The van der Waals surface area contributed by atoms with Crippen LogP contribution in [0.2, 0.25) is 0 Å². The zero-order valence-corrected chi connectivity index (χ0v) is 6.88. The van der Waals surface area contributed by atoms with Crippen LogP contribution in [0.4, 0.5) is 0 Å². The monoisotopic (exact) mass is 147 g/mol. The largest absolute Gasteiger partial charge is 0.351 e. The van der Waals surface area contributed by atoms with Crippen molar-refractivity contribution in [1.82, 2.24) is 4.57 Å². The van der Waals surface area contributed by atoms with Gasteiger partial charge in [0.05, 0.1) is 0 Å². The second kappa shape index (κ2) is 3.24. The summed E-state index contributed by atoms with van der Waals surface area (Å²) in [5.41, 5.74) is 0. The molecule has 0 N–H and O–H groups in total. The Morgan fingerprint density at radius 3 is 2.82 bits per heavy atom. The third kappa shape index (κ3) is 1.61. The molecule has 1 rings (SSSR count). The van der Waals surface area contributed by atoms with E-state index in [0.717, 1.165) is 11.8 Å². The van der Waals surface area contributed by atoms with Gasteiger partial charge in [0.1, 0.15) is 0 Å². The van der Waals surface area contributed by atoms with Gasteiger partial charge in [0, 0.05) is 18.6 Å². The van der Waals surface area contributed by atoms with E-state index in [2.05, 4.69) is 25.3 Å². The van der Waals surface area contributed by atoms with E-state index in [9.17, 15) is 0 Å². The summed E-state index contributed by atoms with van der Waals surface area (Å²) >= 11 is 0. The highest BCUT2D eigenvalue weighted by Gasteiger charge is 1.85. The van der Waals surface area contributed by atoms with E-state index in [1.165, 1.54) is 5.22 Å². The molecule has 0 aliphatic carbocycles. The van der Waals surface area contributed by atoms with Crippen molar-refractivity contribution in [1.29, 1.82) is 0 Å². The standard InChI is InChI=1S/C10H13N/c1-4-5-6-10-7-8-11(3)9(10)2/h4,6-8H,1-2,5H2,3H3/b10-6-. The van der Waals surface area contributed by atoms with Crippen molar-refractivity contribution in [2.24, 2.45) is 7.05 Å². The van der Waals surface area contributed by atoms with E-state index < -0.39 is 0 Å². The number of nitrogens with zero attached hydrogens (tertiary/aromatic N) is 1. The average Bonchev–Trinajstić information content (AvgIpc) is 2.31. The third-order valence-corrected chi connectivity index (χ3v) is 1.74. The predicted molar refractivity (Wildman–Crippen MR) is 49.5 cm³/mol. The van der Waals surface area contributed by atoms with Crippen LogP contribution in [0.5, 0.6) is 0 Å². The van der Waals surface area contributed by atoms with Crippen molar-refractivity contribution < 1.29 is 0 Å². The maximum Gasteiger partial charge on any atom is 0.0401 e. The van der Waals surface area contributed by atoms with E-state index >= 15 is 0 Å². The van der Waals surface area contributed by atoms with Gasteiger partial charge in [-0.2, -0.15) is 0 Å². The predicted octanol–water partition coefficient (Wildman–Crippen LogP) is 0.792. The summed E-state index contributed by atoms with van der Waals surface area (Å²) in [6.45, 7) is 7.58. The lowest BCUT2D eigenvalue weighted by atomic mass is 10.3. The fourth-order valence-electron chi connectivity index (χ4n) is 0.978. The number of aryl methyl sites for hydroxylation is 1. The quantitative estimate of drug-likeness (QED) is 0.545. The van der Waals surface area contributed by atoms with Gasteiger partial charge in [0.25, 0.3) is 0 Å². The van der Waals surface area contributed by atoms with Crippen LogP contribution < -0.4 is 10.6 Å². The minimum atomic E-state index is 0.909. The van der Waals surface area contributed by atoms with Crippen LogP contribution >= 0.6 is 0 Å². The second-order valence-corrected chi connectivity index (χ2v) is 2.56. The Balaban J connectivity index is 3.14. The van der Waals surface area contributed by atoms with Crippen LogP contribution in [0.3, 0.4) is 0 Å². The molecule has 0 atom stereocenters. The first-order valence-electron chi connectivity index (χ1n) is 3.67. The first-order chi connectivity index (χ1) is 5.25. The Morgan fingerprint density at radius 2 is 2.36 bits per heavy atom. The fraction of sp³-hybridized carbons (Fsp3) is 0.200. The normalized spacial score (nSPS) is 11.9. The van der Waals surface area contributed by atoms with Crippen molar-refractivity contribution in [2.45, 2.75) is 6.42 Å². The van der Waals surface area contributed by atoms with E-state index in [-0.39, 0.29) is 0 Å². The molecule has 0 fully saturated rings. The molecule has 0 aliphatic rings. The molecule has 1 heteroatoms. The molecule has 11 heavy (non-hydrogen) atoms. The smallest absolute Gasteiger partial charge is 0.0401 e. The van der Waals surface area contributed by atoms with Crippen LogP contribution in [0.15, 0.2) is 24.9 Å². The lowest BCUT2D eigenvalue weighted by Crippen LogP contribution is -2.25. The minimum absolute atomic E-state index is 0.909. The van der Waals surface area contributed by atoms with Gasteiger partial charge in [-0.25, -0.2) is 0 Å². The molecule has 58 valence electrons. The molecule has 0 saturated heterocycles. The molecule has 1 aromatic heterocycles. The minimum Gasteiger partial charge on any atom is -0.351 e. The summed E-state index contributed by atoms with van der Waals surface area (Å²) in [7, 11) is 1.99. The summed E-state index contributed by atoms with van der Waals surface area (Å²) in [5, 5.41) is 2.26. The van der Waals surface area contributed by atoms with Crippen molar-refractivity contribution in [2.75, 3.05) is 0 Å². The van der Waals surface area contributed by atoms with Gasteiger partial charge >= 0.3 is 0 Å². The molecule has 0 saturated carbocycles. The third-order valence-electron chi connectivity index (χ3n) is 1.74. The van der Waals surface area contributed by atoms with Crippen LogP contribution in [-0.4, -0.2) is 4.57 Å². The van der Waals surface area contributed by atoms with Crippen LogP contribution in [-0.2, 0) is 7.05 Å². The molecule has 0 amide bonds. The molecule has 1 nitrogen and oxygen atoms in total. The highest BCUT2D eigenvalue weighted by atomic mass is 14.9. The van der Waals surface area contributed by atoms with Crippen molar-refractivity contribution in [3.8, 4) is 0 Å². The number of rotatable bonds is 2. The van der Waals surface area contributed by atoms with Gasteiger partial charge in [-0.05, 0) is 17.7 Å². The zero-order valence-electron chi connectivity index (χ0n) is 6.88. The maximum absolute atomic E-state index is 3.93. The van der Waals surface area contributed by atoms with Crippen molar-refractivity contribution >= 4 is 12.7 Å². The van der Waals surface area contributed by atoms with Crippen molar-refractivity contribution in [3.63, 3.8) is 0 Å². The van der Waals surface area contributed by atoms with Gasteiger partial charge in [-0.15, -0.1) is 6.58 Å². The molecular weight excluding hydrogens is 134 g/mol. The summed E-state index contributed by atoms with van der Waals surface area (Å²) in [6, 6.07) is 2.06. The van der Waals surface area contributed by atoms with E-state index in [1.54, 1.807) is 0 Å². The van der Waals surface area contributed by atoms with E-state index in [0.29, 0.717) is 0 Å². The first-order valence-corrected chi connectivity index (χ1v) is 3.67. The summed E-state index contributed by atoms with van der Waals surface area (Å²) in [5.74, 6) is 0. The molecule has 0 bridgehead atoms. The van der Waals surface area contributed by atoms with Gasteiger partial charge in [0.2, 0.25) is 0 Å². The Kier molecular flexibility index (Phi) is 2.32. The molecule has 0 aliphatic heterocycles. The van der Waals surface area contributed by atoms with Gasteiger partial charge in [-0.1, -0.05) is 18.7 Å². The summed E-state index contributed by atoms with van der Waals surface area (Å²) < 4.78 is 2.01. The summed E-state index contributed by atoms with van der Waals surface area (Å²) in [4.78, 5) is 0. The lowest BCUT2D eigenvalue weighted by Gasteiger charge is -1.85. The van der Waals surface area contributed by atoms with Crippen molar-refractivity contribution in [3.05, 3.63) is 35.5 Å². The van der Waals surface area contributed by atoms with Crippen LogP contribution in [0, 0.1) is 0 Å². The van der Waals surface area contributed by atoms with Gasteiger partial charge in [0.15, 0.2) is 0 Å². The van der Waals surface area contributed by atoms with Gasteiger partial charge < -0.3 is 4.57 Å². The molecule has 1 heterocycles. The van der Waals surface area contributed by atoms with Crippen LogP contribution in [0.1, 0.15) is 6.42 Å². The highest BCUT2D eigenvalue weighted by molar-refractivity contribution is 5.26.